The molecule has 0 bridgehead atoms. The zero-order valence-electron chi connectivity index (χ0n) is 26.2. The van der Waals surface area contributed by atoms with Gasteiger partial charge in [0.15, 0.2) is 0 Å². The zero-order chi connectivity index (χ0) is 30.5. The first-order valence-electron chi connectivity index (χ1n) is 15.7. The number of anilines is 5. The van der Waals surface area contributed by atoms with E-state index in [-0.39, 0.29) is 6.10 Å². The second-order valence-electron chi connectivity index (χ2n) is 11.7. The van der Waals surface area contributed by atoms with Crippen molar-refractivity contribution in [3.05, 3.63) is 54.7 Å². The van der Waals surface area contributed by atoms with E-state index >= 15 is 0 Å². The van der Waals surface area contributed by atoms with Crippen LogP contribution in [0.3, 0.4) is 0 Å². The topological polar surface area (TPSA) is 99.8 Å². The van der Waals surface area contributed by atoms with Gasteiger partial charge in [0.1, 0.15) is 17.2 Å². The fourth-order valence-corrected chi connectivity index (χ4v) is 7.39. The van der Waals surface area contributed by atoms with Crippen LogP contribution in [0.2, 0.25) is 0 Å². The van der Waals surface area contributed by atoms with Crippen LogP contribution < -0.4 is 25.6 Å². The van der Waals surface area contributed by atoms with Crippen LogP contribution in [0.15, 0.2) is 54.7 Å². The standard InChI is InChI=1S/C33H44N7O3P/c1-23(2)43-29-22-24(12-13-28(29)40-20-15-25(16-21-40)39-18-8-5-9-19-39)35-33-37-31-26(14-17-34-31)32(38-33)36-27-10-6-7-11-30(27)44(41-3)42-4/h6-7,10-14,17,22-23,25H,5,8-9,15-16,18-21H2,1-4H3,(H3,34,35,36,37,38). The summed E-state index contributed by atoms with van der Waals surface area (Å²) in [5, 5.41) is 8.76. The molecule has 2 aliphatic heterocycles. The Bertz CT molecular complexity index is 1530. The van der Waals surface area contributed by atoms with Crippen molar-refractivity contribution in [3.8, 4) is 5.75 Å². The lowest BCUT2D eigenvalue weighted by molar-refractivity contribution is 0.141. The molecule has 0 aliphatic carbocycles. The number of nitrogens with zero attached hydrogens (tertiary/aromatic N) is 4. The number of fused-ring (bicyclic) bond motifs is 1. The molecular formula is C33H44N7O3P. The molecule has 0 atom stereocenters. The number of aromatic amines is 1. The third-order valence-corrected chi connectivity index (χ3v) is 9.84. The molecule has 3 N–H and O–H groups in total. The minimum atomic E-state index is -1.22. The van der Waals surface area contributed by atoms with Crippen LogP contribution in [-0.4, -0.2) is 72.4 Å². The van der Waals surface area contributed by atoms with Gasteiger partial charge >= 0.3 is 0 Å². The number of likely N-dealkylation sites (tertiary alicyclic amines) is 1. The van der Waals surface area contributed by atoms with Crippen molar-refractivity contribution < 1.29 is 13.8 Å². The maximum absolute atomic E-state index is 6.36. The van der Waals surface area contributed by atoms with Crippen LogP contribution in [0.25, 0.3) is 11.0 Å². The average Bonchev–Trinajstić information content (AvgIpc) is 3.52. The fourth-order valence-electron chi connectivity index (χ4n) is 6.32. The predicted octanol–water partition coefficient (Wildman–Crippen LogP) is 6.92. The smallest absolute Gasteiger partial charge is 0.231 e. The molecule has 2 saturated heterocycles. The van der Waals surface area contributed by atoms with Gasteiger partial charge in [-0.25, -0.2) is 0 Å². The highest BCUT2D eigenvalue weighted by Crippen LogP contribution is 2.39. The number of hydrogen-bond donors (Lipinski definition) is 3. The Morgan fingerprint density at radius 3 is 2.43 bits per heavy atom. The highest BCUT2D eigenvalue weighted by molar-refractivity contribution is 7.56. The summed E-state index contributed by atoms with van der Waals surface area (Å²) in [6, 6.07) is 17.0. The molecule has 0 amide bonds. The van der Waals surface area contributed by atoms with E-state index in [0.29, 0.717) is 17.8 Å². The number of aromatic nitrogens is 3. The first-order valence-corrected chi connectivity index (χ1v) is 16.9. The SMILES string of the molecule is COP(OC)c1ccccc1Nc1nc(Nc2ccc(N3CCC(N4CCCCC4)CC3)c(OC(C)C)c2)nc2[nH]ccc12. The largest absolute Gasteiger partial charge is 0.489 e. The number of para-hydroxylation sites is 1. The van der Waals surface area contributed by atoms with Crippen molar-refractivity contribution in [1.82, 2.24) is 19.9 Å². The summed E-state index contributed by atoms with van der Waals surface area (Å²) in [6.45, 7) is 8.75. The van der Waals surface area contributed by atoms with E-state index < -0.39 is 8.38 Å². The minimum absolute atomic E-state index is 0.0574. The molecule has 4 heterocycles. The van der Waals surface area contributed by atoms with Crippen molar-refractivity contribution in [3.63, 3.8) is 0 Å². The van der Waals surface area contributed by atoms with Gasteiger partial charge in [0.25, 0.3) is 0 Å². The molecule has 0 unspecified atom stereocenters. The van der Waals surface area contributed by atoms with Crippen molar-refractivity contribution in [2.45, 2.75) is 58.1 Å². The predicted molar refractivity (Wildman–Crippen MR) is 180 cm³/mol. The van der Waals surface area contributed by atoms with Crippen LogP contribution >= 0.6 is 8.38 Å². The van der Waals surface area contributed by atoms with E-state index in [9.17, 15) is 0 Å². The molecule has 0 spiro atoms. The quantitative estimate of drug-likeness (QED) is 0.155. The van der Waals surface area contributed by atoms with Crippen molar-refractivity contribution in [2.75, 3.05) is 55.9 Å². The molecule has 0 saturated carbocycles. The summed E-state index contributed by atoms with van der Waals surface area (Å²) in [6.07, 6.45) is 8.38. The number of H-pyrrole nitrogens is 1. The van der Waals surface area contributed by atoms with Crippen molar-refractivity contribution >= 4 is 53.5 Å². The average molecular weight is 618 g/mol. The van der Waals surface area contributed by atoms with Gasteiger partial charge in [-0.1, -0.05) is 18.6 Å². The van der Waals surface area contributed by atoms with Crippen LogP contribution in [-0.2, 0) is 9.05 Å². The minimum Gasteiger partial charge on any atom is -0.489 e. The Labute approximate surface area is 261 Å². The number of ether oxygens (including phenoxy) is 1. The van der Waals surface area contributed by atoms with Gasteiger partial charge in [0.2, 0.25) is 14.3 Å². The zero-order valence-corrected chi connectivity index (χ0v) is 27.1. The van der Waals surface area contributed by atoms with E-state index in [0.717, 1.165) is 52.2 Å². The van der Waals surface area contributed by atoms with Crippen molar-refractivity contribution in [1.29, 1.82) is 0 Å². The summed E-state index contributed by atoms with van der Waals surface area (Å²) in [5.41, 5.74) is 3.62. The van der Waals surface area contributed by atoms with E-state index in [4.69, 9.17) is 23.8 Å². The Balaban J connectivity index is 1.23. The number of benzene rings is 2. The molecular weight excluding hydrogens is 573 g/mol. The molecule has 6 rings (SSSR count). The number of nitrogens with one attached hydrogen (secondary N) is 3. The van der Waals surface area contributed by atoms with Gasteiger partial charge < -0.3 is 39.2 Å². The fraction of sp³-hybridized carbons (Fsp3) is 0.455. The normalized spacial score (nSPS) is 16.6. The Hall–Kier alpha value is -3.43. The lowest BCUT2D eigenvalue weighted by Gasteiger charge is -2.41. The number of rotatable bonds is 11. The molecule has 44 heavy (non-hydrogen) atoms. The second kappa shape index (κ2) is 14.1. The van der Waals surface area contributed by atoms with Gasteiger partial charge in [-0.15, -0.1) is 0 Å². The lowest BCUT2D eigenvalue weighted by Crippen LogP contribution is -2.46. The second-order valence-corrected chi connectivity index (χ2v) is 13.4. The molecule has 2 aromatic heterocycles. The van der Waals surface area contributed by atoms with Gasteiger partial charge in [0, 0.05) is 51.3 Å². The Kier molecular flexibility index (Phi) is 9.82. The first kappa shape index (κ1) is 30.6. The summed E-state index contributed by atoms with van der Waals surface area (Å²) in [5.74, 6) is 2.04. The summed E-state index contributed by atoms with van der Waals surface area (Å²) >= 11 is 0. The number of piperidine rings is 2. The van der Waals surface area contributed by atoms with E-state index in [1.54, 1.807) is 14.2 Å². The van der Waals surface area contributed by atoms with Crippen LogP contribution in [0.4, 0.5) is 28.8 Å². The van der Waals surface area contributed by atoms with Crippen LogP contribution in [0.5, 0.6) is 5.75 Å². The molecule has 2 aromatic carbocycles. The van der Waals surface area contributed by atoms with E-state index in [2.05, 4.69) is 57.5 Å². The monoisotopic (exact) mass is 617 g/mol. The molecule has 0 radical (unpaired) electrons. The third kappa shape index (κ3) is 6.94. The van der Waals surface area contributed by atoms with Gasteiger partial charge in [0.05, 0.1) is 28.2 Å². The van der Waals surface area contributed by atoms with Gasteiger partial charge in [-0.3, -0.25) is 0 Å². The molecule has 2 aliphatic rings. The Morgan fingerprint density at radius 1 is 0.909 bits per heavy atom. The van der Waals surface area contributed by atoms with Crippen LogP contribution in [0, 0.1) is 0 Å². The summed E-state index contributed by atoms with van der Waals surface area (Å²) in [7, 11) is 2.09. The van der Waals surface area contributed by atoms with Crippen LogP contribution in [0.1, 0.15) is 46.0 Å². The molecule has 234 valence electrons. The van der Waals surface area contributed by atoms with E-state index in [1.807, 2.05) is 36.5 Å². The highest BCUT2D eigenvalue weighted by Gasteiger charge is 2.27. The molecule has 10 nitrogen and oxygen atoms in total. The third-order valence-electron chi connectivity index (χ3n) is 8.39. The van der Waals surface area contributed by atoms with E-state index in [1.165, 1.54) is 45.2 Å². The summed E-state index contributed by atoms with van der Waals surface area (Å²) < 4.78 is 17.6. The Morgan fingerprint density at radius 2 is 1.68 bits per heavy atom. The first-order chi connectivity index (χ1) is 21.5. The number of hydrogen-bond acceptors (Lipinski definition) is 9. The molecule has 2 fully saturated rings. The van der Waals surface area contributed by atoms with Gasteiger partial charge in [-0.2, -0.15) is 9.97 Å². The maximum atomic E-state index is 6.36. The molecule has 11 heteroatoms. The lowest BCUT2D eigenvalue weighted by atomic mass is 9.99. The summed E-state index contributed by atoms with van der Waals surface area (Å²) in [4.78, 5) is 18.1. The molecule has 4 aromatic rings. The van der Waals surface area contributed by atoms with Crippen molar-refractivity contribution in [2.24, 2.45) is 0 Å². The maximum Gasteiger partial charge on any atom is 0.231 e. The van der Waals surface area contributed by atoms with Gasteiger partial charge in [-0.05, 0) is 83.0 Å². The highest BCUT2D eigenvalue weighted by atomic mass is 31.2.